The maximum atomic E-state index is 13.0. The molecular formula is C27H27F3N6O2. The Morgan fingerprint density at radius 3 is 2.53 bits per heavy atom. The number of aromatic nitrogens is 4. The van der Waals surface area contributed by atoms with Crippen LogP contribution < -0.4 is 0 Å². The summed E-state index contributed by atoms with van der Waals surface area (Å²) < 4.78 is 45.3. The summed E-state index contributed by atoms with van der Waals surface area (Å²) in [7, 11) is 0. The predicted molar refractivity (Wildman–Crippen MR) is 131 cm³/mol. The average molecular weight is 525 g/mol. The molecule has 5 heterocycles. The number of piperidine rings is 1. The molecule has 5 rings (SSSR count). The van der Waals surface area contributed by atoms with Gasteiger partial charge < -0.3 is 4.74 Å². The summed E-state index contributed by atoms with van der Waals surface area (Å²) in [6.45, 7) is 4.85. The van der Waals surface area contributed by atoms with Gasteiger partial charge in [0.25, 0.3) is 0 Å². The molecule has 1 unspecified atom stereocenters. The first kappa shape index (κ1) is 26.0. The topological polar surface area (TPSA) is 96.9 Å². The van der Waals surface area contributed by atoms with Gasteiger partial charge in [-0.1, -0.05) is 6.07 Å². The van der Waals surface area contributed by atoms with E-state index in [4.69, 9.17) is 4.74 Å². The molecule has 0 aliphatic carbocycles. The lowest BCUT2D eigenvalue weighted by Gasteiger charge is -2.39. The number of Topliss-reactive ketones (excluding diaryl/α,β-unsaturated/α-hetero) is 1. The molecule has 38 heavy (non-hydrogen) atoms. The lowest BCUT2D eigenvalue weighted by Crippen LogP contribution is -2.47. The van der Waals surface area contributed by atoms with Gasteiger partial charge in [-0.3, -0.25) is 14.7 Å². The Morgan fingerprint density at radius 1 is 1.16 bits per heavy atom. The zero-order valence-corrected chi connectivity index (χ0v) is 20.9. The van der Waals surface area contributed by atoms with Crippen LogP contribution in [-0.2, 0) is 22.7 Å². The van der Waals surface area contributed by atoms with Crippen LogP contribution in [0.15, 0.2) is 42.9 Å². The van der Waals surface area contributed by atoms with Gasteiger partial charge in [-0.05, 0) is 49.9 Å². The minimum atomic E-state index is -4.48. The number of ether oxygens (including phenoxy) is 1. The highest BCUT2D eigenvalue weighted by Crippen LogP contribution is 2.35. The Hall–Kier alpha value is -3.62. The van der Waals surface area contributed by atoms with E-state index in [1.54, 1.807) is 13.1 Å². The predicted octanol–water partition coefficient (Wildman–Crippen LogP) is 4.06. The van der Waals surface area contributed by atoms with E-state index in [9.17, 15) is 23.2 Å². The third kappa shape index (κ3) is 5.06. The van der Waals surface area contributed by atoms with Crippen molar-refractivity contribution in [3.8, 4) is 11.9 Å². The van der Waals surface area contributed by atoms with Gasteiger partial charge in [0.1, 0.15) is 5.41 Å². The number of carbonyl (C=O) groups excluding carboxylic acids is 1. The molecule has 0 spiro atoms. The second-order valence-corrected chi connectivity index (χ2v) is 9.86. The number of pyridine rings is 2. The van der Waals surface area contributed by atoms with Gasteiger partial charge in [-0.25, -0.2) is 9.67 Å². The van der Waals surface area contributed by atoms with E-state index < -0.39 is 17.2 Å². The van der Waals surface area contributed by atoms with Gasteiger partial charge in [0.15, 0.2) is 11.6 Å². The normalized spacial score (nSPS) is 19.8. The standard InChI is InChI=1S/C27H27F3N6O2/c1-18-22(15-34-36(18)25-5-3-20(14-33-25)27(28,29)30)23(37)12-19-2-4-24(32-13-19)26(17-31)7-9-35(10-8-26)21-6-11-38-16-21/h2-5,13-15,21H,6-12,16H2,1H3. The summed E-state index contributed by atoms with van der Waals surface area (Å²) >= 11 is 0. The lowest BCUT2D eigenvalue weighted by molar-refractivity contribution is -0.137. The molecule has 8 nitrogen and oxygen atoms in total. The summed E-state index contributed by atoms with van der Waals surface area (Å²) in [6.07, 6.45) is 1.79. The zero-order valence-electron chi connectivity index (χ0n) is 20.9. The first-order valence-electron chi connectivity index (χ1n) is 12.5. The number of nitriles is 1. The van der Waals surface area contributed by atoms with Crippen LogP contribution in [0.2, 0.25) is 0 Å². The molecule has 0 N–H and O–H groups in total. The molecule has 2 aliphatic rings. The molecule has 3 aromatic rings. The fraction of sp³-hybridized carbons (Fsp3) is 0.444. The van der Waals surface area contributed by atoms with Crippen molar-refractivity contribution in [3.05, 3.63) is 70.9 Å². The molecule has 0 saturated carbocycles. The summed E-state index contributed by atoms with van der Waals surface area (Å²) in [5.41, 5.74) is 0.751. The van der Waals surface area contributed by atoms with Crippen LogP contribution in [0.25, 0.3) is 5.82 Å². The highest BCUT2D eigenvalue weighted by Gasteiger charge is 2.40. The van der Waals surface area contributed by atoms with Gasteiger partial charge in [0.05, 0.1) is 41.4 Å². The second-order valence-electron chi connectivity index (χ2n) is 9.86. The molecule has 11 heteroatoms. The van der Waals surface area contributed by atoms with Crippen LogP contribution >= 0.6 is 0 Å². The Bertz CT molecular complexity index is 1330. The Morgan fingerprint density at radius 2 is 1.95 bits per heavy atom. The van der Waals surface area contributed by atoms with Crippen molar-refractivity contribution in [3.63, 3.8) is 0 Å². The lowest BCUT2D eigenvalue weighted by atomic mass is 9.76. The third-order valence-corrected chi connectivity index (χ3v) is 7.57. The van der Waals surface area contributed by atoms with E-state index >= 15 is 0 Å². The smallest absolute Gasteiger partial charge is 0.380 e. The van der Waals surface area contributed by atoms with Gasteiger partial charge >= 0.3 is 6.18 Å². The van der Waals surface area contributed by atoms with E-state index in [0.29, 0.717) is 35.7 Å². The molecular weight excluding hydrogens is 497 g/mol. The SMILES string of the molecule is Cc1c(C(=O)Cc2ccc(C3(C#N)CCN(C4CCOC4)CC3)nc2)cnn1-c1ccc(C(F)(F)F)cn1. The number of hydrogen-bond acceptors (Lipinski definition) is 7. The average Bonchev–Trinajstić information content (AvgIpc) is 3.59. The van der Waals surface area contributed by atoms with Crippen LogP contribution in [-0.4, -0.2) is 62.8 Å². The minimum Gasteiger partial charge on any atom is -0.380 e. The van der Waals surface area contributed by atoms with E-state index in [1.165, 1.54) is 16.9 Å². The number of alkyl halides is 3. The number of ketones is 1. The molecule has 0 aromatic carbocycles. The van der Waals surface area contributed by atoms with E-state index in [2.05, 4.69) is 26.0 Å². The van der Waals surface area contributed by atoms with Crippen LogP contribution in [0, 0.1) is 18.3 Å². The van der Waals surface area contributed by atoms with Crippen molar-refractivity contribution in [1.29, 1.82) is 5.26 Å². The largest absolute Gasteiger partial charge is 0.417 e. The van der Waals surface area contributed by atoms with Crippen LogP contribution in [0.1, 0.15) is 52.1 Å². The van der Waals surface area contributed by atoms with Crippen molar-refractivity contribution in [2.45, 2.75) is 50.2 Å². The van der Waals surface area contributed by atoms with E-state index in [1.807, 2.05) is 12.1 Å². The van der Waals surface area contributed by atoms with Crippen LogP contribution in [0.5, 0.6) is 0 Å². The maximum absolute atomic E-state index is 13.0. The third-order valence-electron chi connectivity index (χ3n) is 7.57. The van der Waals surface area contributed by atoms with E-state index in [-0.39, 0.29) is 18.0 Å². The zero-order chi connectivity index (χ0) is 26.9. The fourth-order valence-electron chi connectivity index (χ4n) is 5.19. The number of nitrogens with zero attached hydrogens (tertiary/aromatic N) is 6. The molecule has 0 radical (unpaired) electrons. The molecule has 1 atom stereocenters. The maximum Gasteiger partial charge on any atom is 0.417 e. The fourth-order valence-corrected chi connectivity index (χ4v) is 5.19. The molecule has 2 aliphatic heterocycles. The molecule has 3 aromatic heterocycles. The number of likely N-dealkylation sites (tertiary alicyclic amines) is 1. The van der Waals surface area contributed by atoms with Gasteiger partial charge in [-0.2, -0.15) is 23.5 Å². The number of rotatable bonds is 6. The molecule has 0 amide bonds. The molecule has 0 bridgehead atoms. The highest BCUT2D eigenvalue weighted by atomic mass is 19.4. The van der Waals surface area contributed by atoms with Crippen LogP contribution in [0.4, 0.5) is 13.2 Å². The molecule has 198 valence electrons. The first-order valence-corrected chi connectivity index (χ1v) is 12.5. The summed E-state index contributed by atoms with van der Waals surface area (Å²) in [4.78, 5) is 23.8. The Kier molecular flexibility index (Phi) is 7.03. The highest BCUT2D eigenvalue weighted by molar-refractivity contribution is 5.98. The number of carbonyl (C=O) groups is 1. The molecule has 2 fully saturated rings. The minimum absolute atomic E-state index is 0.0786. The Balaban J connectivity index is 1.25. The molecule has 2 saturated heterocycles. The van der Waals surface area contributed by atoms with Crippen molar-refractivity contribution in [1.82, 2.24) is 24.6 Å². The summed E-state index contributed by atoms with van der Waals surface area (Å²) in [6, 6.07) is 8.74. The number of halogens is 3. The van der Waals surface area contributed by atoms with Crippen molar-refractivity contribution in [2.75, 3.05) is 26.3 Å². The summed E-state index contributed by atoms with van der Waals surface area (Å²) in [5, 5.41) is 14.2. The second kappa shape index (κ2) is 10.3. The number of hydrogen-bond donors (Lipinski definition) is 0. The monoisotopic (exact) mass is 524 g/mol. The summed E-state index contributed by atoms with van der Waals surface area (Å²) in [5.74, 6) is -0.00817. The van der Waals surface area contributed by atoms with Gasteiger partial charge in [0.2, 0.25) is 0 Å². The van der Waals surface area contributed by atoms with Crippen molar-refractivity contribution in [2.24, 2.45) is 0 Å². The first-order chi connectivity index (χ1) is 18.2. The van der Waals surface area contributed by atoms with Crippen molar-refractivity contribution >= 4 is 5.78 Å². The van der Waals surface area contributed by atoms with Crippen molar-refractivity contribution < 1.29 is 22.7 Å². The van der Waals surface area contributed by atoms with Gasteiger partial charge in [-0.15, -0.1) is 0 Å². The Labute approximate surface area is 218 Å². The quantitative estimate of drug-likeness (QED) is 0.449. The van der Waals surface area contributed by atoms with Gasteiger partial charge in [0, 0.05) is 44.6 Å². The van der Waals surface area contributed by atoms with Crippen LogP contribution in [0.3, 0.4) is 0 Å². The van der Waals surface area contributed by atoms with E-state index in [0.717, 1.165) is 50.7 Å².